The first-order chi connectivity index (χ1) is 6.34. The fraction of sp³-hybridized carbons (Fsp3) is 0.455. The molecule has 0 saturated heterocycles. The summed E-state index contributed by atoms with van der Waals surface area (Å²) in [6.45, 7) is 0.867. The highest BCUT2D eigenvalue weighted by molar-refractivity contribution is 9.10. The second-order valence-corrected chi connectivity index (χ2v) is 4.45. The number of halogens is 1. The van der Waals surface area contributed by atoms with Gasteiger partial charge in [-0.1, -0.05) is 28.8 Å². The first kappa shape index (κ1) is 9.07. The largest absolute Gasteiger partial charge is 0.494 e. The van der Waals surface area contributed by atoms with Crippen molar-refractivity contribution in [2.45, 2.75) is 19.3 Å². The molecule has 2 heteroatoms. The third-order valence-electron chi connectivity index (χ3n) is 2.31. The molecule has 1 aliphatic rings. The lowest BCUT2D eigenvalue weighted by molar-refractivity contribution is 0.302. The van der Waals surface area contributed by atoms with Crippen LogP contribution in [0.25, 0.3) is 0 Å². The number of hydrogen-bond donors (Lipinski definition) is 0. The highest BCUT2D eigenvalue weighted by atomic mass is 79.9. The molecule has 0 heterocycles. The lowest BCUT2D eigenvalue weighted by atomic mass is 10.3. The van der Waals surface area contributed by atoms with Gasteiger partial charge in [-0.15, -0.1) is 0 Å². The number of benzene rings is 1. The second kappa shape index (κ2) is 4.14. The molecule has 0 unspecified atom stereocenters. The van der Waals surface area contributed by atoms with Crippen molar-refractivity contribution >= 4 is 15.9 Å². The van der Waals surface area contributed by atoms with E-state index in [1.165, 1.54) is 19.3 Å². The van der Waals surface area contributed by atoms with Crippen LogP contribution >= 0.6 is 15.9 Å². The molecule has 13 heavy (non-hydrogen) atoms. The van der Waals surface area contributed by atoms with Crippen molar-refractivity contribution < 1.29 is 4.74 Å². The summed E-state index contributed by atoms with van der Waals surface area (Å²) in [6, 6.07) is 8.01. The molecule has 0 radical (unpaired) electrons. The number of rotatable bonds is 4. The number of hydrogen-bond acceptors (Lipinski definition) is 1. The summed E-state index contributed by atoms with van der Waals surface area (Å²) < 4.78 is 6.69. The maximum Gasteiger partial charge on any atom is 0.119 e. The average Bonchev–Trinajstić information content (AvgIpc) is 2.92. The van der Waals surface area contributed by atoms with Gasteiger partial charge < -0.3 is 4.74 Å². The zero-order valence-corrected chi connectivity index (χ0v) is 9.09. The van der Waals surface area contributed by atoms with E-state index in [-0.39, 0.29) is 0 Å². The van der Waals surface area contributed by atoms with Crippen molar-refractivity contribution in [1.82, 2.24) is 0 Å². The third-order valence-corrected chi connectivity index (χ3v) is 2.83. The van der Waals surface area contributed by atoms with Gasteiger partial charge in [0.1, 0.15) is 5.75 Å². The Bertz CT molecular complexity index is 264. The molecule has 1 fully saturated rings. The Balaban J connectivity index is 1.76. The molecule has 1 aromatic rings. The first-order valence-corrected chi connectivity index (χ1v) is 5.52. The van der Waals surface area contributed by atoms with Crippen LogP contribution in [-0.4, -0.2) is 6.61 Å². The first-order valence-electron chi connectivity index (χ1n) is 4.73. The van der Waals surface area contributed by atoms with Gasteiger partial charge in [-0.3, -0.25) is 0 Å². The lowest BCUT2D eigenvalue weighted by Gasteiger charge is -2.04. The Morgan fingerprint density at radius 2 is 1.92 bits per heavy atom. The van der Waals surface area contributed by atoms with Gasteiger partial charge >= 0.3 is 0 Å². The van der Waals surface area contributed by atoms with Crippen LogP contribution in [0.3, 0.4) is 0 Å². The summed E-state index contributed by atoms with van der Waals surface area (Å²) in [4.78, 5) is 0. The molecule has 0 spiro atoms. The van der Waals surface area contributed by atoms with Crippen molar-refractivity contribution in [3.63, 3.8) is 0 Å². The predicted molar refractivity (Wildman–Crippen MR) is 57.0 cm³/mol. The molecule has 0 amide bonds. The van der Waals surface area contributed by atoms with Gasteiger partial charge in [0.2, 0.25) is 0 Å². The Morgan fingerprint density at radius 1 is 1.23 bits per heavy atom. The van der Waals surface area contributed by atoms with Crippen molar-refractivity contribution in [3.05, 3.63) is 28.7 Å². The van der Waals surface area contributed by atoms with E-state index in [4.69, 9.17) is 4.74 Å². The van der Waals surface area contributed by atoms with E-state index in [0.717, 1.165) is 22.7 Å². The van der Waals surface area contributed by atoms with Crippen molar-refractivity contribution in [3.8, 4) is 5.75 Å². The van der Waals surface area contributed by atoms with Crippen LogP contribution in [0.5, 0.6) is 5.75 Å². The summed E-state index contributed by atoms with van der Waals surface area (Å²) in [5.41, 5.74) is 0. The topological polar surface area (TPSA) is 9.23 Å². The Morgan fingerprint density at radius 3 is 2.54 bits per heavy atom. The van der Waals surface area contributed by atoms with Gasteiger partial charge in [-0.05, 0) is 36.6 Å². The zero-order chi connectivity index (χ0) is 9.10. The van der Waals surface area contributed by atoms with Crippen LogP contribution in [0.15, 0.2) is 28.7 Å². The fourth-order valence-electron chi connectivity index (χ4n) is 1.28. The summed E-state index contributed by atoms with van der Waals surface area (Å²) in [5.74, 6) is 1.93. The van der Waals surface area contributed by atoms with Crippen LogP contribution in [0.2, 0.25) is 0 Å². The molecule has 1 aromatic carbocycles. The lowest BCUT2D eigenvalue weighted by Crippen LogP contribution is -1.97. The fourth-order valence-corrected chi connectivity index (χ4v) is 1.55. The van der Waals surface area contributed by atoms with E-state index in [0.29, 0.717) is 0 Å². The average molecular weight is 241 g/mol. The van der Waals surface area contributed by atoms with Gasteiger partial charge in [0.25, 0.3) is 0 Å². The Hall–Kier alpha value is -0.500. The molecule has 1 nitrogen and oxygen atoms in total. The van der Waals surface area contributed by atoms with Crippen LogP contribution < -0.4 is 4.74 Å². The number of ether oxygens (including phenoxy) is 1. The molecule has 1 saturated carbocycles. The summed E-state index contributed by atoms with van der Waals surface area (Å²) >= 11 is 3.39. The van der Waals surface area contributed by atoms with Crippen molar-refractivity contribution in [1.29, 1.82) is 0 Å². The van der Waals surface area contributed by atoms with Gasteiger partial charge in [0.05, 0.1) is 6.61 Å². The van der Waals surface area contributed by atoms with Crippen LogP contribution in [0.4, 0.5) is 0 Å². The summed E-state index contributed by atoms with van der Waals surface area (Å²) in [5, 5.41) is 0. The summed E-state index contributed by atoms with van der Waals surface area (Å²) in [6.07, 6.45) is 4.03. The Labute approximate surface area is 87.2 Å². The normalized spacial score (nSPS) is 15.8. The smallest absolute Gasteiger partial charge is 0.119 e. The highest BCUT2D eigenvalue weighted by Crippen LogP contribution is 2.32. The van der Waals surface area contributed by atoms with Gasteiger partial charge in [-0.25, -0.2) is 0 Å². The van der Waals surface area contributed by atoms with Crippen LogP contribution in [0, 0.1) is 5.92 Å². The molecular weight excluding hydrogens is 228 g/mol. The molecule has 70 valence electrons. The van der Waals surface area contributed by atoms with E-state index >= 15 is 0 Å². The zero-order valence-electron chi connectivity index (χ0n) is 7.50. The van der Waals surface area contributed by atoms with Crippen LogP contribution in [0.1, 0.15) is 19.3 Å². The molecule has 0 N–H and O–H groups in total. The molecule has 2 rings (SSSR count). The van der Waals surface area contributed by atoms with Crippen molar-refractivity contribution in [2.75, 3.05) is 6.61 Å². The van der Waals surface area contributed by atoms with Crippen LogP contribution in [-0.2, 0) is 0 Å². The molecule has 0 aromatic heterocycles. The quantitative estimate of drug-likeness (QED) is 0.782. The van der Waals surface area contributed by atoms with Gasteiger partial charge in [0, 0.05) is 4.47 Å². The van der Waals surface area contributed by atoms with Crippen molar-refractivity contribution in [2.24, 2.45) is 5.92 Å². The molecular formula is C11H13BrO. The van der Waals surface area contributed by atoms with Gasteiger partial charge in [0.15, 0.2) is 0 Å². The predicted octanol–water partition coefficient (Wildman–Crippen LogP) is 3.63. The minimum atomic E-state index is 0.867. The molecule has 0 aliphatic heterocycles. The SMILES string of the molecule is Brc1ccc(OCCC2CC2)cc1. The van der Waals surface area contributed by atoms with E-state index in [9.17, 15) is 0 Å². The Kier molecular flexibility index (Phi) is 2.89. The third kappa shape index (κ3) is 3.03. The van der Waals surface area contributed by atoms with E-state index in [2.05, 4.69) is 15.9 Å². The minimum Gasteiger partial charge on any atom is -0.494 e. The van der Waals surface area contributed by atoms with E-state index < -0.39 is 0 Å². The van der Waals surface area contributed by atoms with E-state index in [1.54, 1.807) is 0 Å². The minimum absolute atomic E-state index is 0.867. The molecule has 0 bridgehead atoms. The summed E-state index contributed by atoms with van der Waals surface area (Å²) in [7, 11) is 0. The van der Waals surface area contributed by atoms with Gasteiger partial charge in [-0.2, -0.15) is 0 Å². The maximum absolute atomic E-state index is 5.59. The van der Waals surface area contributed by atoms with E-state index in [1.807, 2.05) is 24.3 Å². The molecule has 0 atom stereocenters. The second-order valence-electron chi connectivity index (χ2n) is 3.53. The maximum atomic E-state index is 5.59. The molecule has 1 aliphatic carbocycles. The monoisotopic (exact) mass is 240 g/mol. The standard InChI is InChI=1S/C11H13BrO/c12-10-3-5-11(6-4-10)13-8-7-9-1-2-9/h3-6,9H,1-2,7-8H2. The highest BCUT2D eigenvalue weighted by Gasteiger charge is 2.20.